The van der Waals surface area contributed by atoms with Crippen molar-refractivity contribution in [3.63, 3.8) is 0 Å². The maximum atomic E-state index is 5.69. The van der Waals surface area contributed by atoms with Crippen molar-refractivity contribution in [3.8, 4) is 0 Å². The van der Waals surface area contributed by atoms with Crippen LogP contribution in [0.3, 0.4) is 0 Å². The molecular weight excluding hydrogens is 166 g/mol. The molecule has 2 unspecified atom stereocenters. The zero-order valence-corrected chi connectivity index (χ0v) is 8.42. The molecule has 1 saturated heterocycles. The van der Waals surface area contributed by atoms with Crippen molar-refractivity contribution < 1.29 is 4.74 Å². The van der Waals surface area contributed by atoms with Gasteiger partial charge in [0.25, 0.3) is 0 Å². The number of ether oxygens (including phenoxy) is 1. The van der Waals surface area contributed by atoms with Gasteiger partial charge in [-0.05, 0) is 19.8 Å². The first-order chi connectivity index (χ1) is 6.24. The maximum absolute atomic E-state index is 5.69. The van der Waals surface area contributed by atoms with Crippen LogP contribution in [0, 0.1) is 0 Å². The Morgan fingerprint density at radius 1 is 1.69 bits per heavy atom. The summed E-state index contributed by atoms with van der Waals surface area (Å²) in [5.74, 6) is 0.546. The molecule has 1 fully saturated rings. The van der Waals surface area contributed by atoms with Crippen LogP contribution in [0.5, 0.6) is 0 Å². The Morgan fingerprint density at radius 2 is 2.46 bits per heavy atom. The molecular formula is C9H19N3O. The van der Waals surface area contributed by atoms with E-state index in [9.17, 15) is 0 Å². The number of nitrogens with one attached hydrogen (secondary N) is 1. The van der Waals surface area contributed by atoms with E-state index in [1.54, 1.807) is 0 Å². The molecule has 1 rings (SSSR count). The Bertz CT molecular complexity index is 182. The molecule has 3 N–H and O–H groups in total. The minimum atomic E-state index is 0.246. The van der Waals surface area contributed by atoms with Crippen molar-refractivity contribution in [3.05, 3.63) is 0 Å². The van der Waals surface area contributed by atoms with Crippen LogP contribution in [0.2, 0.25) is 0 Å². The standard InChI is InChI=1S/C9H19N3O/c1-3-5-11-9(10)12-8-4-6-13-7(8)2/h7-8H,3-6H2,1-2H3,(H3,10,11,12). The SMILES string of the molecule is CCCN=C(N)NC1CCOC1C. The topological polar surface area (TPSA) is 59.6 Å². The Labute approximate surface area is 79.6 Å². The highest BCUT2D eigenvalue weighted by molar-refractivity contribution is 5.78. The minimum absolute atomic E-state index is 0.246. The number of hydrogen-bond donors (Lipinski definition) is 2. The van der Waals surface area contributed by atoms with Gasteiger partial charge in [0.05, 0.1) is 12.1 Å². The first-order valence-electron chi connectivity index (χ1n) is 4.92. The molecule has 1 aliphatic rings. The third-order valence-corrected chi connectivity index (χ3v) is 2.22. The number of nitrogens with zero attached hydrogens (tertiary/aromatic N) is 1. The largest absolute Gasteiger partial charge is 0.376 e. The molecule has 0 saturated carbocycles. The number of guanidine groups is 1. The molecule has 0 aromatic carbocycles. The van der Waals surface area contributed by atoms with Gasteiger partial charge in [-0.1, -0.05) is 6.92 Å². The predicted octanol–water partition coefficient (Wildman–Crippen LogP) is 0.478. The number of nitrogens with two attached hydrogens (primary N) is 1. The number of hydrogen-bond acceptors (Lipinski definition) is 2. The van der Waals surface area contributed by atoms with Gasteiger partial charge in [-0.25, -0.2) is 0 Å². The molecule has 0 aromatic rings. The zero-order valence-electron chi connectivity index (χ0n) is 8.42. The van der Waals surface area contributed by atoms with Gasteiger partial charge in [0.1, 0.15) is 0 Å². The zero-order chi connectivity index (χ0) is 9.68. The third-order valence-electron chi connectivity index (χ3n) is 2.22. The molecule has 0 amide bonds. The van der Waals surface area contributed by atoms with Crippen molar-refractivity contribution in [2.24, 2.45) is 10.7 Å². The molecule has 0 radical (unpaired) electrons. The van der Waals surface area contributed by atoms with Crippen LogP contribution in [0.15, 0.2) is 4.99 Å². The van der Waals surface area contributed by atoms with Crippen molar-refractivity contribution in [2.45, 2.75) is 38.8 Å². The summed E-state index contributed by atoms with van der Waals surface area (Å²) in [6, 6.07) is 0.334. The van der Waals surface area contributed by atoms with Gasteiger partial charge in [0.15, 0.2) is 5.96 Å². The van der Waals surface area contributed by atoms with E-state index < -0.39 is 0 Å². The Hall–Kier alpha value is -0.770. The summed E-state index contributed by atoms with van der Waals surface area (Å²) < 4.78 is 5.40. The third kappa shape index (κ3) is 3.22. The summed E-state index contributed by atoms with van der Waals surface area (Å²) in [6.45, 7) is 5.75. The Kier molecular flexibility index (Phi) is 4.02. The smallest absolute Gasteiger partial charge is 0.188 e. The van der Waals surface area contributed by atoms with E-state index in [0.29, 0.717) is 12.0 Å². The lowest BCUT2D eigenvalue weighted by Crippen LogP contribution is -2.43. The van der Waals surface area contributed by atoms with Gasteiger partial charge in [-0.3, -0.25) is 4.99 Å². The lowest BCUT2D eigenvalue weighted by Gasteiger charge is -2.16. The van der Waals surface area contributed by atoms with E-state index in [1.165, 1.54) is 0 Å². The summed E-state index contributed by atoms with van der Waals surface area (Å²) in [5, 5.41) is 3.17. The van der Waals surface area contributed by atoms with E-state index in [1.807, 2.05) is 0 Å². The van der Waals surface area contributed by atoms with Crippen LogP contribution >= 0.6 is 0 Å². The van der Waals surface area contributed by atoms with E-state index >= 15 is 0 Å². The second kappa shape index (κ2) is 5.07. The van der Waals surface area contributed by atoms with E-state index in [-0.39, 0.29) is 6.10 Å². The van der Waals surface area contributed by atoms with Crippen LogP contribution in [-0.4, -0.2) is 31.3 Å². The summed E-state index contributed by atoms with van der Waals surface area (Å²) in [6.07, 6.45) is 2.29. The summed E-state index contributed by atoms with van der Waals surface area (Å²) in [7, 11) is 0. The molecule has 4 nitrogen and oxygen atoms in total. The highest BCUT2D eigenvalue weighted by Gasteiger charge is 2.24. The first kappa shape index (κ1) is 10.3. The van der Waals surface area contributed by atoms with E-state index in [2.05, 4.69) is 24.2 Å². The lowest BCUT2D eigenvalue weighted by atomic mass is 10.2. The molecule has 76 valence electrons. The molecule has 0 aliphatic carbocycles. The average Bonchev–Trinajstić information content (AvgIpc) is 2.48. The average molecular weight is 185 g/mol. The normalized spacial score (nSPS) is 29.2. The van der Waals surface area contributed by atoms with Crippen LogP contribution in [0.1, 0.15) is 26.7 Å². The van der Waals surface area contributed by atoms with Gasteiger partial charge in [-0.2, -0.15) is 0 Å². The summed E-state index contributed by atoms with van der Waals surface area (Å²) in [5.41, 5.74) is 5.69. The Morgan fingerprint density at radius 3 is 3.00 bits per heavy atom. The van der Waals surface area contributed by atoms with Gasteiger partial charge in [0, 0.05) is 13.2 Å². The maximum Gasteiger partial charge on any atom is 0.188 e. The molecule has 2 atom stereocenters. The second-order valence-corrected chi connectivity index (χ2v) is 3.38. The first-order valence-corrected chi connectivity index (χ1v) is 4.92. The molecule has 4 heteroatoms. The molecule has 0 aromatic heterocycles. The van der Waals surface area contributed by atoms with Crippen molar-refractivity contribution in [1.82, 2.24) is 5.32 Å². The van der Waals surface area contributed by atoms with Crippen molar-refractivity contribution in [2.75, 3.05) is 13.2 Å². The van der Waals surface area contributed by atoms with Crippen LogP contribution in [0.25, 0.3) is 0 Å². The van der Waals surface area contributed by atoms with Gasteiger partial charge >= 0.3 is 0 Å². The highest BCUT2D eigenvalue weighted by Crippen LogP contribution is 2.11. The number of rotatable bonds is 3. The lowest BCUT2D eigenvalue weighted by molar-refractivity contribution is 0.116. The summed E-state index contributed by atoms with van der Waals surface area (Å²) in [4.78, 5) is 4.17. The van der Waals surface area contributed by atoms with Crippen LogP contribution in [-0.2, 0) is 4.74 Å². The van der Waals surface area contributed by atoms with Gasteiger partial charge < -0.3 is 15.8 Å². The second-order valence-electron chi connectivity index (χ2n) is 3.38. The molecule has 1 aliphatic heterocycles. The molecule has 13 heavy (non-hydrogen) atoms. The minimum Gasteiger partial charge on any atom is -0.376 e. The van der Waals surface area contributed by atoms with Gasteiger partial charge in [0.2, 0.25) is 0 Å². The fraction of sp³-hybridized carbons (Fsp3) is 0.889. The Balaban J connectivity index is 2.30. The fourth-order valence-corrected chi connectivity index (χ4v) is 1.39. The van der Waals surface area contributed by atoms with Crippen molar-refractivity contribution in [1.29, 1.82) is 0 Å². The quantitative estimate of drug-likeness (QED) is 0.496. The predicted molar refractivity (Wildman–Crippen MR) is 53.7 cm³/mol. The van der Waals surface area contributed by atoms with E-state index in [0.717, 1.165) is 26.0 Å². The fourth-order valence-electron chi connectivity index (χ4n) is 1.39. The molecule has 0 spiro atoms. The van der Waals surface area contributed by atoms with Crippen LogP contribution < -0.4 is 11.1 Å². The molecule has 1 heterocycles. The van der Waals surface area contributed by atoms with E-state index in [4.69, 9.17) is 10.5 Å². The summed E-state index contributed by atoms with van der Waals surface area (Å²) >= 11 is 0. The van der Waals surface area contributed by atoms with Crippen LogP contribution in [0.4, 0.5) is 0 Å². The highest BCUT2D eigenvalue weighted by atomic mass is 16.5. The molecule has 0 bridgehead atoms. The number of aliphatic imine (C=N–C) groups is 1. The monoisotopic (exact) mass is 185 g/mol. The van der Waals surface area contributed by atoms with Crippen molar-refractivity contribution >= 4 is 5.96 Å². The van der Waals surface area contributed by atoms with Gasteiger partial charge in [-0.15, -0.1) is 0 Å².